The molecule has 2 heterocycles. The number of rotatable bonds is 6. The summed E-state index contributed by atoms with van der Waals surface area (Å²) >= 11 is 0. The quantitative estimate of drug-likeness (QED) is 0.322. The molecule has 6 nitrogen and oxygen atoms in total. The number of hydroxylamine groups is 1. The third-order valence-electron chi connectivity index (χ3n) is 4.41. The molecular weight excluding hydrogens is 406 g/mol. The maximum Gasteiger partial charge on any atom is 0.267 e. The number of aromatic nitrogens is 1. The van der Waals surface area contributed by atoms with Gasteiger partial charge in [0, 0.05) is 18.8 Å². The van der Waals surface area contributed by atoms with Crippen molar-refractivity contribution in [2.45, 2.75) is 18.4 Å². The van der Waals surface area contributed by atoms with Crippen LogP contribution in [-0.4, -0.2) is 34.7 Å². The molecule has 1 amide bonds. The lowest BCUT2D eigenvalue weighted by Gasteiger charge is -2.30. The van der Waals surface area contributed by atoms with Gasteiger partial charge in [-0.25, -0.2) is 14.9 Å². The van der Waals surface area contributed by atoms with Gasteiger partial charge < -0.3 is 10.6 Å². The molecule has 28 heavy (non-hydrogen) atoms. The molecule has 1 aliphatic heterocycles. The Kier molecular flexibility index (Phi) is 9.34. The standard InChI is InChI=1S/C19H21FN4O2.2ClH/c20-16-10-15(6-7-17(25)24-26)12-22-18(16)23-19(8-9-21-13-19)11-14-4-2-1-3-5-14;;/h1-7,10,12,21,26H,8-9,11,13H2,(H,22,23)(H,24,25);2*1H/b7-6+;;/t19-;;/m0../s1. The van der Waals surface area contributed by atoms with Crippen LogP contribution in [0.3, 0.4) is 0 Å². The lowest BCUT2D eigenvalue weighted by atomic mass is 9.89. The van der Waals surface area contributed by atoms with E-state index < -0.39 is 11.7 Å². The predicted molar refractivity (Wildman–Crippen MR) is 112 cm³/mol. The average Bonchev–Trinajstić information content (AvgIpc) is 3.10. The summed E-state index contributed by atoms with van der Waals surface area (Å²) in [6.45, 7) is 1.58. The summed E-state index contributed by atoms with van der Waals surface area (Å²) in [5, 5.41) is 15.1. The van der Waals surface area contributed by atoms with Gasteiger partial charge in [-0.1, -0.05) is 30.3 Å². The van der Waals surface area contributed by atoms with E-state index in [9.17, 15) is 9.18 Å². The molecule has 0 aliphatic carbocycles. The van der Waals surface area contributed by atoms with Crippen molar-refractivity contribution in [1.29, 1.82) is 0 Å². The van der Waals surface area contributed by atoms with Crippen LogP contribution in [0.1, 0.15) is 17.5 Å². The van der Waals surface area contributed by atoms with E-state index >= 15 is 0 Å². The number of carbonyl (C=O) groups excluding carboxylic acids is 1. The number of hydrogen-bond donors (Lipinski definition) is 4. The molecule has 0 radical (unpaired) electrons. The molecule has 3 rings (SSSR count). The number of benzene rings is 1. The number of anilines is 1. The Labute approximate surface area is 175 Å². The van der Waals surface area contributed by atoms with Crippen molar-refractivity contribution in [3.63, 3.8) is 0 Å². The second kappa shape index (κ2) is 11.0. The van der Waals surface area contributed by atoms with Crippen LogP contribution in [0.25, 0.3) is 6.08 Å². The van der Waals surface area contributed by atoms with Crippen LogP contribution in [-0.2, 0) is 11.2 Å². The first-order valence-corrected chi connectivity index (χ1v) is 8.41. The highest BCUT2D eigenvalue weighted by molar-refractivity contribution is 5.90. The van der Waals surface area contributed by atoms with Crippen molar-refractivity contribution >= 4 is 42.6 Å². The van der Waals surface area contributed by atoms with Gasteiger partial charge in [0.15, 0.2) is 11.6 Å². The SMILES string of the molecule is Cl.Cl.O=C(/C=C/c1cnc(N[C@]2(Cc3ccccc3)CCNC2)c(F)c1)NO. The Hall–Kier alpha value is -2.19. The van der Waals surface area contributed by atoms with Gasteiger partial charge >= 0.3 is 0 Å². The molecule has 152 valence electrons. The first-order chi connectivity index (χ1) is 12.6. The minimum atomic E-state index is -0.688. The summed E-state index contributed by atoms with van der Waals surface area (Å²) in [7, 11) is 0. The lowest BCUT2D eigenvalue weighted by Crippen LogP contribution is -2.43. The highest BCUT2D eigenvalue weighted by Crippen LogP contribution is 2.26. The zero-order chi connectivity index (χ0) is 18.4. The number of amides is 1. The van der Waals surface area contributed by atoms with Gasteiger partial charge in [-0.2, -0.15) is 0 Å². The van der Waals surface area contributed by atoms with Gasteiger partial charge in [-0.3, -0.25) is 10.0 Å². The van der Waals surface area contributed by atoms with Gasteiger partial charge in [0.25, 0.3) is 5.91 Å². The molecule has 0 saturated carbocycles. The summed E-state index contributed by atoms with van der Waals surface area (Å²) in [6.07, 6.45) is 5.58. The largest absolute Gasteiger partial charge is 0.361 e. The van der Waals surface area contributed by atoms with E-state index in [1.807, 2.05) is 18.2 Å². The van der Waals surface area contributed by atoms with E-state index in [1.54, 1.807) is 0 Å². The molecule has 9 heteroatoms. The molecule has 0 bridgehead atoms. The number of pyridine rings is 1. The first kappa shape index (κ1) is 23.8. The van der Waals surface area contributed by atoms with Crippen LogP contribution in [0, 0.1) is 5.82 Å². The van der Waals surface area contributed by atoms with E-state index in [-0.39, 0.29) is 36.2 Å². The Morgan fingerprint density at radius 2 is 2.07 bits per heavy atom. The lowest BCUT2D eigenvalue weighted by molar-refractivity contribution is -0.124. The van der Waals surface area contributed by atoms with Crippen LogP contribution in [0.2, 0.25) is 0 Å². The predicted octanol–water partition coefficient (Wildman–Crippen LogP) is 2.97. The molecule has 2 aromatic rings. The number of nitrogens with zero attached hydrogens (tertiary/aromatic N) is 1. The highest BCUT2D eigenvalue weighted by atomic mass is 35.5. The summed E-state index contributed by atoms with van der Waals surface area (Å²) in [5.74, 6) is -0.990. The minimum Gasteiger partial charge on any atom is -0.361 e. The molecule has 1 atom stereocenters. The summed E-state index contributed by atoms with van der Waals surface area (Å²) in [6, 6.07) is 11.4. The summed E-state index contributed by atoms with van der Waals surface area (Å²) in [4.78, 5) is 15.2. The van der Waals surface area contributed by atoms with Crippen molar-refractivity contribution in [2.75, 3.05) is 18.4 Å². The molecule has 1 aromatic heterocycles. The van der Waals surface area contributed by atoms with Crippen LogP contribution >= 0.6 is 24.8 Å². The molecule has 1 saturated heterocycles. The maximum absolute atomic E-state index is 14.5. The van der Waals surface area contributed by atoms with Crippen LogP contribution in [0.5, 0.6) is 0 Å². The van der Waals surface area contributed by atoms with Crippen molar-refractivity contribution in [3.05, 3.63) is 65.6 Å². The van der Waals surface area contributed by atoms with Gasteiger partial charge in [0.05, 0.1) is 5.54 Å². The normalized spacial score (nSPS) is 18.2. The molecular formula is C19H23Cl2FN4O2. The van der Waals surface area contributed by atoms with Gasteiger partial charge in [0.2, 0.25) is 0 Å². The molecule has 1 aromatic carbocycles. The van der Waals surface area contributed by atoms with Crippen molar-refractivity contribution in [3.8, 4) is 0 Å². The van der Waals surface area contributed by atoms with E-state index in [2.05, 4.69) is 27.8 Å². The maximum atomic E-state index is 14.5. The average molecular weight is 429 g/mol. The molecule has 4 N–H and O–H groups in total. The van der Waals surface area contributed by atoms with Crippen LogP contribution < -0.4 is 16.1 Å². The summed E-state index contributed by atoms with van der Waals surface area (Å²) < 4.78 is 14.5. The zero-order valence-electron chi connectivity index (χ0n) is 15.0. The Bertz CT molecular complexity index is 800. The number of carbonyl (C=O) groups is 1. The minimum absolute atomic E-state index is 0. The van der Waals surface area contributed by atoms with Crippen molar-refractivity contribution in [1.82, 2.24) is 15.8 Å². The Morgan fingerprint density at radius 3 is 2.68 bits per heavy atom. The second-order valence-electron chi connectivity index (χ2n) is 6.40. The number of nitrogens with one attached hydrogen (secondary N) is 3. The van der Waals surface area contributed by atoms with Gasteiger partial charge in [-0.15, -0.1) is 24.8 Å². The third-order valence-corrected chi connectivity index (χ3v) is 4.41. The molecule has 0 unspecified atom stereocenters. The van der Waals surface area contributed by atoms with E-state index in [4.69, 9.17) is 5.21 Å². The highest BCUT2D eigenvalue weighted by Gasteiger charge is 2.34. The zero-order valence-corrected chi connectivity index (χ0v) is 16.7. The van der Waals surface area contributed by atoms with Gasteiger partial charge in [0.1, 0.15) is 0 Å². The monoisotopic (exact) mass is 428 g/mol. The topological polar surface area (TPSA) is 86.3 Å². The fourth-order valence-electron chi connectivity index (χ4n) is 3.13. The number of halogens is 3. The molecule has 0 spiro atoms. The fourth-order valence-corrected chi connectivity index (χ4v) is 3.13. The smallest absolute Gasteiger partial charge is 0.267 e. The summed E-state index contributed by atoms with van der Waals surface area (Å²) in [5.41, 5.74) is 2.78. The fraction of sp³-hybridized carbons (Fsp3) is 0.263. The van der Waals surface area contributed by atoms with Crippen molar-refractivity contribution in [2.24, 2.45) is 0 Å². The molecule has 1 fully saturated rings. The van der Waals surface area contributed by atoms with Crippen LogP contribution in [0.4, 0.5) is 10.2 Å². The molecule has 1 aliphatic rings. The second-order valence-corrected chi connectivity index (χ2v) is 6.40. The van der Waals surface area contributed by atoms with Crippen molar-refractivity contribution < 1.29 is 14.4 Å². The van der Waals surface area contributed by atoms with Gasteiger partial charge in [-0.05, 0) is 42.7 Å². The number of hydrogen-bond acceptors (Lipinski definition) is 5. The van der Waals surface area contributed by atoms with E-state index in [1.165, 1.54) is 29.4 Å². The first-order valence-electron chi connectivity index (χ1n) is 8.41. The Morgan fingerprint density at radius 1 is 1.32 bits per heavy atom. The Balaban J connectivity index is 0.00000196. The third kappa shape index (κ3) is 6.17. The van der Waals surface area contributed by atoms with E-state index in [0.29, 0.717) is 5.56 Å². The van der Waals surface area contributed by atoms with E-state index in [0.717, 1.165) is 32.0 Å². The van der Waals surface area contributed by atoms with Crippen LogP contribution in [0.15, 0.2) is 48.7 Å².